The zero-order valence-corrected chi connectivity index (χ0v) is 14.9. The fourth-order valence-corrected chi connectivity index (χ4v) is 3.94. The van der Waals surface area contributed by atoms with Crippen molar-refractivity contribution in [2.75, 3.05) is 42.8 Å². The van der Waals surface area contributed by atoms with E-state index in [1.807, 2.05) is 11.9 Å². The lowest BCUT2D eigenvalue weighted by Crippen LogP contribution is -2.44. The molecule has 1 saturated heterocycles. The van der Waals surface area contributed by atoms with E-state index in [1.165, 1.54) is 0 Å². The number of anilines is 2. The molecule has 1 heterocycles. The van der Waals surface area contributed by atoms with Gasteiger partial charge < -0.3 is 9.80 Å². The second kappa shape index (κ2) is 7.16. The monoisotopic (exact) mass is 385 g/mol. The molecule has 2 aromatic carbocycles. The highest BCUT2D eigenvalue weighted by molar-refractivity contribution is 7.92. The maximum atomic E-state index is 13.9. The lowest BCUT2D eigenvalue weighted by Gasteiger charge is -2.35. The third-order valence-electron chi connectivity index (χ3n) is 4.28. The van der Waals surface area contributed by atoms with E-state index in [1.54, 1.807) is 24.3 Å². The maximum absolute atomic E-state index is 13.9. The lowest BCUT2D eigenvalue weighted by molar-refractivity contribution is 0.313. The molecular weight excluding hydrogens is 367 g/mol. The van der Waals surface area contributed by atoms with Gasteiger partial charge in [-0.1, -0.05) is 12.1 Å². The van der Waals surface area contributed by atoms with Crippen LogP contribution in [0, 0.1) is 17.5 Å². The van der Waals surface area contributed by atoms with Crippen molar-refractivity contribution < 1.29 is 21.6 Å². The molecule has 0 atom stereocenters. The Balaban J connectivity index is 1.93. The predicted octanol–water partition coefficient (Wildman–Crippen LogP) is 2.66. The fourth-order valence-electron chi connectivity index (χ4n) is 2.80. The molecule has 0 saturated carbocycles. The number of sulfonamides is 1. The minimum atomic E-state index is -4.42. The number of nitrogens with zero attached hydrogens (tertiary/aromatic N) is 2. The summed E-state index contributed by atoms with van der Waals surface area (Å²) in [5.41, 5.74) is 0.897. The molecular formula is C17H18F3N3O2S. The minimum Gasteiger partial charge on any atom is -0.367 e. The maximum Gasteiger partial charge on any atom is 0.265 e. The molecule has 0 radical (unpaired) electrons. The van der Waals surface area contributed by atoms with Gasteiger partial charge in [0.05, 0.1) is 11.4 Å². The van der Waals surface area contributed by atoms with E-state index in [9.17, 15) is 21.6 Å². The summed E-state index contributed by atoms with van der Waals surface area (Å²) in [5, 5.41) is 0. The van der Waals surface area contributed by atoms with Crippen molar-refractivity contribution in [3.8, 4) is 0 Å². The molecule has 0 aliphatic carbocycles. The van der Waals surface area contributed by atoms with Gasteiger partial charge in [0.15, 0.2) is 17.5 Å². The Hall–Kier alpha value is -2.26. The highest BCUT2D eigenvalue weighted by Crippen LogP contribution is 2.30. The molecule has 26 heavy (non-hydrogen) atoms. The van der Waals surface area contributed by atoms with Crippen LogP contribution in [0.4, 0.5) is 24.5 Å². The Morgan fingerprint density at radius 1 is 0.923 bits per heavy atom. The van der Waals surface area contributed by atoms with Crippen molar-refractivity contribution in [1.29, 1.82) is 0 Å². The van der Waals surface area contributed by atoms with Crippen molar-refractivity contribution in [3.63, 3.8) is 0 Å². The van der Waals surface area contributed by atoms with Crippen LogP contribution in [-0.4, -0.2) is 46.5 Å². The summed E-state index contributed by atoms with van der Waals surface area (Å²) in [5.74, 6) is -5.01. The van der Waals surface area contributed by atoms with E-state index in [0.717, 1.165) is 13.1 Å². The number of hydrogen-bond donors (Lipinski definition) is 1. The van der Waals surface area contributed by atoms with Gasteiger partial charge in [-0.2, -0.15) is 0 Å². The Kier molecular flexibility index (Phi) is 5.10. The smallest absolute Gasteiger partial charge is 0.265 e. The predicted molar refractivity (Wildman–Crippen MR) is 93.3 cm³/mol. The molecule has 1 N–H and O–H groups in total. The van der Waals surface area contributed by atoms with Crippen molar-refractivity contribution in [1.82, 2.24) is 4.90 Å². The normalized spacial score (nSPS) is 15.9. The fraction of sp³-hybridized carbons (Fsp3) is 0.294. The summed E-state index contributed by atoms with van der Waals surface area (Å²) in [4.78, 5) is 3.23. The molecule has 1 aliphatic rings. The Labute approximate surface area is 150 Å². The quantitative estimate of drug-likeness (QED) is 0.823. The van der Waals surface area contributed by atoms with E-state index in [-0.39, 0.29) is 5.69 Å². The van der Waals surface area contributed by atoms with E-state index < -0.39 is 32.4 Å². The standard InChI is InChI=1S/C17H18F3N3O2S/c1-22-8-10-23(11-9-22)14-5-3-2-4-13(14)21-26(24,25)15-7-6-12(18)16(19)17(15)20/h2-7,21H,8-11H2,1H3. The van der Waals surface area contributed by atoms with Crippen molar-refractivity contribution in [2.24, 2.45) is 0 Å². The summed E-state index contributed by atoms with van der Waals surface area (Å²) >= 11 is 0. The van der Waals surface area contributed by atoms with Gasteiger partial charge in [0, 0.05) is 26.2 Å². The zero-order valence-electron chi connectivity index (χ0n) is 14.0. The SMILES string of the molecule is CN1CCN(c2ccccc2NS(=O)(=O)c2ccc(F)c(F)c2F)CC1. The first kappa shape index (κ1) is 18.5. The topological polar surface area (TPSA) is 52.6 Å². The lowest BCUT2D eigenvalue weighted by atomic mass is 10.2. The van der Waals surface area contributed by atoms with Crippen molar-refractivity contribution >= 4 is 21.4 Å². The molecule has 9 heteroatoms. The largest absolute Gasteiger partial charge is 0.367 e. The van der Waals surface area contributed by atoms with Crippen LogP contribution in [0.1, 0.15) is 0 Å². The van der Waals surface area contributed by atoms with E-state index >= 15 is 0 Å². The number of hydrogen-bond acceptors (Lipinski definition) is 4. The Bertz CT molecular complexity index is 913. The van der Waals surface area contributed by atoms with Gasteiger partial charge in [-0.3, -0.25) is 4.72 Å². The van der Waals surface area contributed by atoms with E-state index in [2.05, 4.69) is 9.62 Å². The minimum absolute atomic E-state index is 0.251. The summed E-state index contributed by atoms with van der Waals surface area (Å²) in [6.07, 6.45) is 0. The molecule has 0 unspecified atom stereocenters. The Morgan fingerprint density at radius 3 is 2.27 bits per heavy atom. The molecule has 1 fully saturated rings. The molecule has 140 valence electrons. The first-order valence-electron chi connectivity index (χ1n) is 7.98. The number of halogens is 3. The Morgan fingerprint density at radius 2 is 1.58 bits per heavy atom. The average Bonchev–Trinajstić information content (AvgIpc) is 2.60. The van der Waals surface area contributed by atoms with Crippen LogP contribution in [0.25, 0.3) is 0 Å². The third kappa shape index (κ3) is 3.63. The molecule has 0 spiro atoms. The molecule has 0 aromatic heterocycles. The number of nitrogens with one attached hydrogen (secondary N) is 1. The van der Waals surface area contributed by atoms with Crippen LogP contribution in [-0.2, 0) is 10.0 Å². The van der Waals surface area contributed by atoms with Crippen LogP contribution < -0.4 is 9.62 Å². The first-order valence-corrected chi connectivity index (χ1v) is 9.47. The van der Waals surface area contributed by atoms with Crippen LogP contribution in [0.3, 0.4) is 0 Å². The van der Waals surface area contributed by atoms with Gasteiger partial charge in [-0.25, -0.2) is 21.6 Å². The highest BCUT2D eigenvalue weighted by Gasteiger charge is 2.26. The second-order valence-corrected chi connectivity index (χ2v) is 7.74. The van der Waals surface area contributed by atoms with Gasteiger partial charge in [0.1, 0.15) is 4.90 Å². The van der Waals surface area contributed by atoms with Crippen LogP contribution in [0.5, 0.6) is 0 Å². The third-order valence-corrected chi connectivity index (χ3v) is 5.66. The molecule has 0 bridgehead atoms. The summed E-state index contributed by atoms with van der Waals surface area (Å²) in [7, 11) is -2.43. The van der Waals surface area contributed by atoms with Crippen molar-refractivity contribution in [2.45, 2.75) is 4.90 Å². The summed E-state index contributed by atoms with van der Waals surface area (Å²) in [6, 6.07) is 7.99. The number of piperazine rings is 1. The second-order valence-electron chi connectivity index (χ2n) is 6.09. The van der Waals surface area contributed by atoms with Crippen LogP contribution in [0.15, 0.2) is 41.3 Å². The van der Waals surface area contributed by atoms with E-state index in [4.69, 9.17) is 0 Å². The van der Waals surface area contributed by atoms with Gasteiger partial charge in [0.25, 0.3) is 10.0 Å². The molecule has 0 amide bonds. The first-order chi connectivity index (χ1) is 12.3. The molecule has 1 aliphatic heterocycles. The van der Waals surface area contributed by atoms with Gasteiger partial charge in [-0.05, 0) is 31.3 Å². The average molecular weight is 385 g/mol. The number of benzene rings is 2. The zero-order chi connectivity index (χ0) is 18.9. The van der Waals surface area contributed by atoms with Gasteiger partial charge in [0.2, 0.25) is 0 Å². The van der Waals surface area contributed by atoms with E-state index in [0.29, 0.717) is 30.9 Å². The summed E-state index contributed by atoms with van der Waals surface area (Å²) in [6.45, 7) is 3.04. The highest BCUT2D eigenvalue weighted by atomic mass is 32.2. The molecule has 3 rings (SSSR count). The van der Waals surface area contributed by atoms with Gasteiger partial charge >= 0.3 is 0 Å². The number of para-hydroxylation sites is 2. The number of likely N-dealkylation sites (N-methyl/N-ethyl adjacent to an activating group) is 1. The van der Waals surface area contributed by atoms with Crippen LogP contribution in [0.2, 0.25) is 0 Å². The summed E-state index contributed by atoms with van der Waals surface area (Å²) < 4.78 is 67.7. The molecule has 5 nitrogen and oxygen atoms in total. The van der Waals surface area contributed by atoms with Gasteiger partial charge in [-0.15, -0.1) is 0 Å². The molecule has 2 aromatic rings. The van der Waals surface area contributed by atoms with Crippen molar-refractivity contribution in [3.05, 3.63) is 53.8 Å². The number of rotatable bonds is 4. The van der Waals surface area contributed by atoms with Crippen LogP contribution >= 0.6 is 0 Å².